The highest BCUT2D eigenvalue weighted by atomic mass is 35.5. The normalized spacial score (nSPS) is 15.4. The Morgan fingerprint density at radius 1 is 1.03 bits per heavy atom. The summed E-state index contributed by atoms with van der Waals surface area (Å²) >= 11 is 6.04. The fourth-order valence-electron chi connectivity index (χ4n) is 4.17. The number of hydrogen-bond donors (Lipinski definition) is 3. The number of likely N-dealkylation sites (N-methyl/N-ethyl adjacent to an activating group) is 2. The van der Waals surface area contributed by atoms with Crippen LogP contribution in [0, 0.1) is 11.3 Å². The van der Waals surface area contributed by atoms with Crippen molar-refractivity contribution in [2.45, 2.75) is 78.9 Å². The van der Waals surface area contributed by atoms with Crippen molar-refractivity contribution in [3.63, 3.8) is 0 Å². The highest BCUT2D eigenvalue weighted by molar-refractivity contribution is 6.30. The quantitative estimate of drug-likeness (QED) is 0.411. The number of carboxylic acids is 1. The number of benzene rings is 1. The van der Waals surface area contributed by atoms with Gasteiger partial charge in [0.15, 0.2) is 0 Å². The van der Waals surface area contributed by atoms with Crippen LogP contribution >= 0.6 is 11.6 Å². The predicted octanol–water partition coefficient (Wildman–Crippen LogP) is 4.25. The summed E-state index contributed by atoms with van der Waals surface area (Å²) in [6, 6.07) is 5.48. The topological polar surface area (TPSA) is 98.7 Å². The Morgan fingerprint density at radius 2 is 1.54 bits per heavy atom. The zero-order valence-electron chi connectivity index (χ0n) is 22.7. The first-order chi connectivity index (χ1) is 15.9. The maximum absolute atomic E-state index is 13.7. The Kier molecular flexibility index (Phi) is 10.5. The van der Waals surface area contributed by atoms with Gasteiger partial charge in [-0.3, -0.25) is 9.59 Å². The van der Waals surface area contributed by atoms with E-state index in [0.717, 1.165) is 5.56 Å². The molecule has 8 heteroatoms. The Hall–Kier alpha value is -2.38. The Morgan fingerprint density at radius 3 is 1.94 bits per heavy atom. The molecule has 3 N–H and O–H groups in total. The van der Waals surface area contributed by atoms with Gasteiger partial charge >= 0.3 is 5.97 Å². The molecule has 0 aromatic heterocycles. The molecule has 1 unspecified atom stereocenters. The van der Waals surface area contributed by atoms with E-state index in [9.17, 15) is 19.5 Å². The van der Waals surface area contributed by atoms with Gasteiger partial charge in [-0.15, -0.1) is 0 Å². The number of halogens is 1. The molecule has 1 aromatic carbocycles. The van der Waals surface area contributed by atoms with Crippen LogP contribution in [0.4, 0.5) is 0 Å². The number of amides is 2. The van der Waals surface area contributed by atoms with Gasteiger partial charge in [0.25, 0.3) is 0 Å². The number of carbonyl (C=O) groups is 3. The molecular formula is C27H42ClN3O4. The number of carboxylic acid groups (broad SMARTS) is 1. The molecule has 0 saturated carbocycles. The fraction of sp³-hybridized carbons (Fsp3) is 0.593. The lowest BCUT2D eigenvalue weighted by molar-refractivity contribution is -0.141. The van der Waals surface area contributed by atoms with Gasteiger partial charge in [0.05, 0.1) is 12.1 Å². The molecule has 0 radical (unpaired) electrons. The van der Waals surface area contributed by atoms with Crippen molar-refractivity contribution in [1.82, 2.24) is 15.5 Å². The first-order valence-corrected chi connectivity index (χ1v) is 12.2. The third-order valence-corrected chi connectivity index (χ3v) is 6.75. The van der Waals surface area contributed by atoms with Crippen molar-refractivity contribution in [1.29, 1.82) is 0 Å². The van der Waals surface area contributed by atoms with Gasteiger partial charge < -0.3 is 20.6 Å². The smallest absolute Gasteiger partial charge is 0.331 e. The molecule has 35 heavy (non-hydrogen) atoms. The summed E-state index contributed by atoms with van der Waals surface area (Å²) in [5, 5.41) is 16.0. The summed E-state index contributed by atoms with van der Waals surface area (Å²) in [5.74, 6) is -1.63. The van der Waals surface area contributed by atoms with E-state index in [1.165, 1.54) is 11.8 Å². The Balaban J connectivity index is 3.30. The molecule has 3 atom stereocenters. The van der Waals surface area contributed by atoms with Gasteiger partial charge in [0, 0.05) is 23.1 Å². The lowest BCUT2D eigenvalue weighted by Crippen LogP contribution is -2.61. The van der Waals surface area contributed by atoms with Crippen molar-refractivity contribution in [2.24, 2.45) is 11.3 Å². The summed E-state index contributed by atoms with van der Waals surface area (Å²) in [6.07, 6.45) is 1.59. The SMILES string of the molecule is CN[C@H](C(=O)NC(C(=O)N(C)[C@H](C=C(C)C(=O)O)C(C)C)C(C)(C)C)C(C)(C)c1ccc(Cl)cc1. The van der Waals surface area contributed by atoms with E-state index in [4.69, 9.17) is 11.6 Å². The van der Waals surface area contributed by atoms with Crippen LogP contribution in [0.3, 0.4) is 0 Å². The number of rotatable bonds is 10. The summed E-state index contributed by atoms with van der Waals surface area (Å²) in [5.41, 5.74) is -0.0830. The van der Waals surface area contributed by atoms with E-state index >= 15 is 0 Å². The van der Waals surface area contributed by atoms with Gasteiger partial charge in [0.1, 0.15) is 6.04 Å². The van der Waals surface area contributed by atoms with E-state index in [-0.39, 0.29) is 23.3 Å². The number of nitrogens with one attached hydrogen (secondary N) is 2. The second-order valence-corrected chi connectivity index (χ2v) is 11.5. The molecule has 0 spiro atoms. The van der Waals surface area contributed by atoms with Gasteiger partial charge in [-0.1, -0.05) is 78.3 Å². The molecule has 1 aromatic rings. The Bertz CT molecular complexity index is 933. The van der Waals surface area contributed by atoms with Gasteiger partial charge in [-0.25, -0.2) is 4.79 Å². The molecule has 0 aliphatic carbocycles. The number of carbonyl (C=O) groups excluding carboxylic acids is 2. The molecule has 1 rings (SSSR count). The van der Waals surface area contributed by atoms with Gasteiger partial charge in [-0.2, -0.15) is 0 Å². The van der Waals surface area contributed by atoms with Crippen LogP contribution in [0.25, 0.3) is 0 Å². The zero-order valence-corrected chi connectivity index (χ0v) is 23.4. The molecular weight excluding hydrogens is 466 g/mol. The highest BCUT2D eigenvalue weighted by Gasteiger charge is 2.41. The van der Waals surface area contributed by atoms with Crippen molar-refractivity contribution in [3.8, 4) is 0 Å². The van der Waals surface area contributed by atoms with E-state index in [1.54, 1.807) is 32.3 Å². The first-order valence-electron chi connectivity index (χ1n) is 11.9. The minimum Gasteiger partial charge on any atom is -0.478 e. The molecule has 2 amide bonds. The third kappa shape index (κ3) is 7.80. The fourth-order valence-corrected chi connectivity index (χ4v) is 4.30. The highest BCUT2D eigenvalue weighted by Crippen LogP contribution is 2.30. The lowest BCUT2D eigenvalue weighted by Gasteiger charge is -2.40. The average molecular weight is 508 g/mol. The molecule has 0 aliphatic heterocycles. The van der Waals surface area contributed by atoms with Crippen molar-refractivity contribution in [3.05, 3.63) is 46.5 Å². The van der Waals surface area contributed by atoms with Gasteiger partial charge in [-0.05, 0) is 43.0 Å². The van der Waals surface area contributed by atoms with Crippen LogP contribution in [0.15, 0.2) is 35.9 Å². The molecule has 7 nitrogen and oxygen atoms in total. The average Bonchev–Trinajstić information content (AvgIpc) is 2.74. The van der Waals surface area contributed by atoms with Gasteiger partial charge in [0.2, 0.25) is 11.8 Å². The number of aliphatic carboxylic acids is 1. The van der Waals surface area contributed by atoms with E-state index in [0.29, 0.717) is 5.02 Å². The van der Waals surface area contributed by atoms with E-state index in [1.807, 2.05) is 60.6 Å². The molecule has 0 saturated heterocycles. The maximum atomic E-state index is 13.7. The predicted molar refractivity (Wildman–Crippen MR) is 142 cm³/mol. The monoisotopic (exact) mass is 507 g/mol. The standard InChI is InChI=1S/C27H42ClN3O4/c1-16(2)20(15-17(3)25(34)35)31(10)24(33)22(26(4,5)6)30-23(32)21(29-9)27(7,8)18-11-13-19(28)14-12-18/h11-16,20-22,29H,1-10H3,(H,30,32)(H,34,35)/t20-,21-,22?/m1/s1. The van der Waals surface area contributed by atoms with Crippen LogP contribution in [-0.4, -0.2) is 60.0 Å². The van der Waals surface area contributed by atoms with Crippen molar-refractivity contribution < 1.29 is 19.5 Å². The minimum atomic E-state index is -1.03. The minimum absolute atomic E-state index is 0.0246. The largest absolute Gasteiger partial charge is 0.478 e. The summed E-state index contributed by atoms with van der Waals surface area (Å²) < 4.78 is 0. The van der Waals surface area contributed by atoms with Crippen LogP contribution in [0.5, 0.6) is 0 Å². The van der Waals surface area contributed by atoms with Crippen LogP contribution < -0.4 is 10.6 Å². The Labute approximate surface area is 215 Å². The van der Waals surface area contributed by atoms with E-state index in [2.05, 4.69) is 10.6 Å². The molecule has 0 fully saturated rings. The lowest BCUT2D eigenvalue weighted by atomic mass is 9.76. The first kappa shape index (κ1) is 30.7. The van der Waals surface area contributed by atoms with E-state index < -0.39 is 34.9 Å². The molecule has 196 valence electrons. The van der Waals surface area contributed by atoms with Crippen LogP contribution in [-0.2, 0) is 19.8 Å². The molecule has 0 aliphatic rings. The number of hydrogen-bond acceptors (Lipinski definition) is 4. The summed E-state index contributed by atoms with van der Waals surface area (Å²) in [7, 11) is 3.37. The summed E-state index contributed by atoms with van der Waals surface area (Å²) in [6.45, 7) is 15.0. The number of nitrogens with zero attached hydrogens (tertiary/aromatic N) is 1. The second kappa shape index (κ2) is 12.0. The van der Waals surface area contributed by atoms with Crippen LogP contribution in [0.2, 0.25) is 5.02 Å². The summed E-state index contributed by atoms with van der Waals surface area (Å²) in [4.78, 5) is 40.2. The maximum Gasteiger partial charge on any atom is 0.331 e. The molecule has 0 heterocycles. The third-order valence-electron chi connectivity index (χ3n) is 6.50. The molecule has 0 bridgehead atoms. The van der Waals surface area contributed by atoms with Crippen LogP contribution in [0.1, 0.15) is 61.0 Å². The van der Waals surface area contributed by atoms with Crippen molar-refractivity contribution >= 4 is 29.4 Å². The second-order valence-electron chi connectivity index (χ2n) is 11.1. The van der Waals surface area contributed by atoms with Crippen molar-refractivity contribution in [2.75, 3.05) is 14.1 Å². The zero-order chi connectivity index (χ0) is 27.3.